The van der Waals surface area contributed by atoms with Gasteiger partial charge in [-0.25, -0.2) is 0 Å². The Balaban J connectivity index is 1.90. The average Bonchev–Trinajstić information content (AvgIpc) is 2.38. The van der Waals surface area contributed by atoms with Crippen LogP contribution in [0.25, 0.3) is 0 Å². The van der Waals surface area contributed by atoms with Crippen molar-refractivity contribution < 1.29 is 9.47 Å². The second kappa shape index (κ2) is 6.04. The molecule has 0 atom stereocenters. The minimum atomic E-state index is 0.582. The van der Waals surface area contributed by atoms with E-state index in [1.165, 1.54) is 0 Å². The van der Waals surface area contributed by atoms with Crippen molar-refractivity contribution in [2.45, 2.75) is 12.8 Å². The van der Waals surface area contributed by atoms with Gasteiger partial charge in [0, 0.05) is 17.7 Å². The van der Waals surface area contributed by atoms with E-state index >= 15 is 0 Å². The van der Waals surface area contributed by atoms with Crippen LogP contribution in [0, 0.1) is 17.2 Å². The molecular formula is C13H14BrNO2. The topological polar surface area (TPSA) is 42.2 Å². The fourth-order valence-corrected chi connectivity index (χ4v) is 2.25. The molecule has 1 aliphatic heterocycles. The number of hydrogen-bond acceptors (Lipinski definition) is 3. The van der Waals surface area contributed by atoms with Gasteiger partial charge in [-0.3, -0.25) is 0 Å². The summed E-state index contributed by atoms with van der Waals surface area (Å²) >= 11 is 3.35. The third-order valence-electron chi connectivity index (χ3n) is 2.89. The van der Waals surface area contributed by atoms with Gasteiger partial charge in [0.2, 0.25) is 0 Å². The van der Waals surface area contributed by atoms with E-state index in [9.17, 15) is 0 Å². The Bertz CT molecular complexity index is 422. The van der Waals surface area contributed by atoms with E-state index < -0.39 is 0 Å². The Labute approximate surface area is 109 Å². The van der Waals surface area contributed by atoms with Crippen molar-refractivity contribution in [2.24, 2.45) is 5.92 Å². The highest BCUT2D eigenvalue weighted by atomic mass is 79.9. The van der Waals surface area contributed by atoms with Crippen molar-refractivity contribution in [3.63, 3.8) is 0 Å². The summed E-state index contributed by atoms with van der Waals surface area (Å²) in [7, 11) is 0. The third-order valence-corrected chi connectivity index (χ3v) is 3.54. The first kappa shape index (κ1) is 12.4. The lowest BCUT2D eigenvalue weighted by molar-refractivity contribution is 0.0497. The molecular weight excluding hydrogens is 282 g/mol. The molecule has 0 saturated carbocycles. The lowest BCUT2D eigenvalue weighted by Gasteiger charge is -2.22. The van der Waals surface area contributed by atoms with Crippen LogP contribution >= 0.6 is 15.9 Å². The van der Waals surface area contributed by atoms with Crippen molar-refractivity contribution >= 4 is 15.9 Å². The van der Waals surface area contributed by atoms with E-state index in [2.05, 4.69) is 22.0 Å². The summed E-state index contributed by atoms with van der Waals surface area (Å²) in [5.74, 6) is 1.39. The van der Waals surface area contributed by atoms with Gasteiger partial charge < -0.3 is 9.47 Å². The third kappa shape index (κ3) is 3.45. The van der Waals surface area contributed by atoms with Gasteiger partial charge in [0.05, 0.1) is 12.2 Å². The van der Waals surface area contributed by atoms with Gasteiger partial charge in [0.1, 0.15) is 11.8 Å². The van der Waals surface area contributed by atoms with E-state index in [1.807, 2.05) is 12.1 Å². The zero-order chi connectivity index (χ0) is 12.1. The molecule has 2 rings (SSSR count). The van der Waals surface area contributed by atoms with Crippen LogP contribution in [0.4, 0.5) is 0 Å². The SMILES string of the molecule is N#Cc1ccc(OCC2CCOCC2)cc1Br. The molecule has 0 unspecified atom stereocenters. The monoisotopic (exact) mass is 295 g/mol. The first-order valence-electron chi connectivity index (χ1n) is 5.70. The minimum absolute atomic E-state index is 0.582. The normalized spacial score (nSPS) is 16.5. The summed E-state index contributed by atoms with van der Waals surface area (Å²) in [6.45, 7) is 2.40. The molecule has 0 spiro atoms. The van der Waals surface area contributed by atoms with Crippen LogP contribution in [0.1, 0.15) is 18.4 Å². The molecule has 1 heterocycles. The van der Waals surface area contributed by atoms with Crippen LogP contribution in [0.3, 0.4) is 0 Å². The van der Waals surface area contributed by atoms with Gasteiger partial charge in [-0.05, 0) is 52.9 Å². The van der Waals surface area contributed by atoms with Crippen molar-refractivity contribution in [3.8, 4) is 11.8 Å². The predicted octanol–water partition coefficient (Wildman–Crippen LogP) is 3.13. The standard InChI is InChI=1S/C13H14BrNO2/c14-13-7-12(2-1-11(13)8-15)17-9-10-3-5-16-6-4-10/h1-2,7,10H,3-6,9H2. The van der Waals surface area contributed by atoms with Gasteiger partial charge in [0.25, 0.3) is 0 Å². The van der Waals surface area contributed by atoms with Crippen LogP contribution in [0.5, 0.6) is 5.75 Å². The van der Waals surface area contributed by atoms with E-state index in [0.717, 1.165) is 42.9 Å². The van der Waals surface area contributed by atoms with E-state index in [1.54, 1.807) is 6.07 Å². The maximum absolute atomic E-state index is 8.81. The molecule has 0 aliphatic carbocycles. The lowest BCUT2D eigenvalue weighted by Crippen LogP contribution is -2.21. The number of benzene rings is 1. The van der Waals surface area contributed by atoms with Crippen LogP contribution in [-0.2, 0) is 4.74 Å². The number of ether oxygens (including phenoxy) is 2. The van der Waals surface area contributed by atoms with Crippen molar-refractivity contribution in [3.05, 3.63) is 28.2 Å². The number of rotatable bonds is 3. The minimum Gasteiger partial charge on any atom is -0.493 e. The smallest absolute Gasteiger partial charge is 0.120 e. The van der Waals surface area contributed by atoms with Gasteiger partial charge in [0.15, 0.2) is 0 Å². The van der Waals surface area contributed by atoms with Gasteiger partial charge in [-0.15, -0.1) is 0 Å². The summed E-state index contributed by atoms with van der Waals surface area (Å²) in [5.41, 5.74) is 0.628. The summed E-state index contributed by atoms with van der Waals surface area (Å²) < 4.78 is 11.8. The summed E-state index contributed by atoms with van der Waals surface area (Å²) in [6, 6.07) is 7.56. The largest absolute Gasteiger partial charge is 0.493 e. The van der Waals surface area contributed by atoms with Crippen molar-refractivity contribution in [2.75, 3.05) is 19.8 Å². The molecule has 1 aromatic rings. The second-order valence-corrected chi connectivity index (χ2v) is 4.97. The molecule has 0 bridgehead atoms. The average molecular weight is 296 g/mol. The Morgan fingerprint density at radius 1 is 1.41 bits per heavy atom. The maximum Gasteiger partial charge on any atom is 0.120 e. The number of halogens is 1. The molecule has 1 saturated heterocycles. The van der Waals surface area contributed by atoms with Crippen LogP contribution < -0.4 is 4.74 Å². The Hall–Kier alpha value is -1.05. The number of nitrogens with zero attached hydrogens (tertiary/aromatic N) is 1. The molecule has 17 heavy (non-hydrogen) atoms. The van der Waals surface area contributed by atoms with Crippen LogP contribution in [-0.4, -0.2) is 19.8 Å². The second-order valence-electron chi connectivity index (χ2n) is 4.12. The fourth-order valence-electron chi connectivity index (χ4n) is 1.80. The summed E-state index contributed by atoms with van der Waals surface area (Å²) in [5, 5.41) is 8.81. The van der Waals surface area contributed by atoms with E-state index in [-0.39, 0.29) is 0 Å². The number of hydrogen-bond donors (Lipinski definition) is 0. The highest BCUT2D eigenvalue weighted by Gasteiger charge is 2.14. The highest BCUT2D eigenvalue weighted by Crippen LogP contribution is 2.24. The molecule has 1 aliphatic rings. The van der Waals surface area contributed by atoms with Gasteiger partial charge in [-0.1, -0.05) is 0 Å². The Kier molecular flexibility index (Phi) is 4.41. The zero-order valence-corrected chi connectivity index (χ0v) is 11.1. The Morgan fingerprint density at radius 2 is 2.18 bits per heavy atom. The highest BCUT2D eigenvalue weighted by molar-refractivity contribution is 9.10. The molecule has 1 fully saturated rings. The van der Waals surface area contributed by atoms with E-state index in [0.29, 0.717) is 11.5 Å². The number of nitriles is 1. The molecule has 0 radical (unpaired) electrons. The molecule has 3 nitrogen and oxygen atoms in total. The molecule has 90 valence electrons. The van der Waals surface area contributed by atoms with Gasteiger partial charge in [-0.2, -0.15) is 5.26 Å². The van der Waals surface area contributed by atoms with Gasteiger partial charge >= 0.3 is 0 Å². The zero-order valence-electron chi connectivity index (χ0n) is 9.49. The molecule has 0 amide bonds. The first-order valence-corrected chi connectivity index (χ1v) is 6.49. The predicted molar refractivity (Wildman–Crippen MR) is 67.9 cm³/mol. The summed E-state index contributed by atoms with van der Waals surface area (Å²) in [4.78, 5) is 0. The molecule has 1 aromatic carbocycles. The van der Waals surface area contributed by atoms with E-state index in [4.69, 9.17) is 14.7 Å². The summed E-state index contributed by atoms with van der Waals surface area (Å²) in [6.07, 6.45) is 2.13. The maximum atomic E-state index is 8.81. The van der Waals surface area contributed by atoms with Crippen LogP contribution in [0.2, 0.25) is 0 Å². The molecule has 4 heteroatoms. The van der Waals surface area contributed by atoms with Crippen molar-refractivity contribution in [1.29, 1.82) is 5.26 Å². The van der Waals surface area contributed by atoms with Crippen LogP contribution in [0.15, 0.2) is 22.7 Å². The quantitative estimate of drug-likeness (QED) is 0.860. The first-order chi connectivity index (χ1) is 8.29. The fraction of sp³-hybridized carbons (Fsp3) is 0.462. The van der Waals surface area contributed by atoms with Crippen molar-refractivity contribution in [1.82, 2.24) is 0 Å². The Morgan fingerprint density at radius 3 is 2.82 bits per heavy atom. The molecule has 0 N–H and O–H groups in total. The lowest BCUT2D eigenvalue weighted by atomic mass is 10.0. The molecule has 0 aromatic heterocycles.